The van der Waals surface area contributed by atoms with E-state index in [2.05, 4.69) is 26.3 Å². The number of nitrogens with one attached hydrogen (secondary N) is 1. The monoisotopic (exact) mass is 422 g/mol. The fourth-order valence-electron chi connectivity index (χ4n) is 3.15. The van der Waals surface area contributed by atoms with Gasteiger partial charge in [0.25, 0.3) is 0 Å². The summed E-state index contributed by atoms with van der Waals surface area (Å²) in [6.45, 7) is 3.56. The zero-order chi connectivity index (χ0) is 18.9. The lowest BCUT2D eigenvalue weighted by Gasteiger charge is -2.43. The van der Waals surface area contributed by atoms with Crippen molar-refractivity contribution in [1.29, 1.82) is 0 Å². The number of piperazine rings is 1. The standard InChI is InChI=1S/C18H20BrFN4O2/c1-18(17(26)16-14(19)9-23(2)22-16)11-21-7-8-24(18)10-15(25)12-3-5-13(20)6-4-12/h3-6,9,21H,7-8,10-11H2,1-2H3. The lowest BCUT2D eigenvalue weighted by Crippen LogP contribution is -2.64. The van der Waals surface area contributed by atoms with Crippen LogP contribution >= 0.6 is 15.9 Å². The van der Waals surface area contributed by atoms with Crippen LogP contribution in [0, 0.1) is 5.82 Å². The molecule has 26 heavy (non-hydrogen) atoms. The van der Waals surface area contributed by atoms with Crippen LogP contribution in [0.4, 0.5) is 4.39 Å². The molecule has 1 saturated heterocycles. The molecule has 138 valence electrons. The highest BCUT2D eigenvalue weighted by molar-refractivity contribution is 9.10. The maximum atomic E-state index is 13.2. The predicted octanol–water partition coefficient (Wildman–Crippen LogP) is 2.05. The summed E-state index contributed by atoms with van der Waals surface area (Å²) in [4.78, 5) is 27.7. The van der Waals surface area contributed by atoms with Crippen LogP contribution in [0.5, 0.6) is 0 Å². The third-order valence-corrected chi connectivity index (χ3v) is 5.30. The molecule has 1 aliphatic heterocycles. The van der Waals surface area contributed by atoms with Crippen LogP contribution in [-0.2, 0) is 7.05 Å². The van der Waals surface area contributed by atoms with Crippen LogP contribution in [0.1, 0.15) is 27.8 Å². The van der Waals surface area contributed by atoms with Gasteiger partial charge < -0.3 is 5.32 Å². The molecule has 6 nitrogen and oxygen atoms in total. The smallest absolute Gasteiger partial charge is 0.205 e. The van der Waals surface area contributed by atoms with Gasteiger partial charge in [-0.3, -0.25) is 19.2 Å². The van der Waals surface area contributed by atoms with E-state index in [-0.39, 0.29) is 23.9 Å². The third-order valence-electron chi connectivity index (χ3n) is 4.71. The Morgan fingerprint density at radius 3 is 2.65 bits per heavy atom. The van der Waals surface area contributed by atoms with Crippen molar-refractivity contribution in [3.63, 3.8) is 0 Å². The van der Waals surface area contributed by atoms with Crippen LogP contribution in [0.2, 0.25) is 0 Å². The van der Waals surface area contributed by atoms with Crippen molar-refractivity contribution in [3.8, 4) is 0 Å². The molecule has 8 heteroatoms. The number of aryl methyl sites for hydroxylation is 1. The van der Waals surface area contributed by atoms with E-state index in [0.29, 0.717) is 35.4 Å². The minimum atomic E-state index is -0.898. The molecule has 0 radical (unpaired) electrons. The van der Waals surface area contributed by atoms with Crippen molar-refractivity contribution in [2.45, 2.75) is 12.5 Å². The Bertz CT molecular complexity index is 836. The first-order chi connectivity index (χ1) is 12.3. The highest BCUT2D eigenvalue weighted by atomic mass is 79.9. The zero-order valence-electron chi connectivity index (χ0n) is 14.6. The number of halogens is 2. The van der Waals surface area contributed by atoms with Crippen molar-refractivity contribution in [2.75, 3.05) is 26.2 Å². The second-order valence-corrected chi connectivity index (χ2v) is 7.49. The van der Waals surface area contributed by atoms with Crippen LogP contribution in [0.25, 0.3) is 0 Å². The first-order valence-electron chi connectivity index (χ1n) is 8.30. The first kappa shape index (κ1) is 18.9. The average molecular weight is 423 g/mol. The fraction of sp³-hybridized carbons (Fsp3) is 0.389. The topological polar surface area (TPSA) is 67.2 Å². The molecule has 1 aromatic heterocycles. The average Bonchev–Trinajstić information content (AvgIpc) is 2.95. The quantitative estimate of drug-likeness (QED) is 0.746. The van der Waals surface area contributed by atoms with Crippen LogP contribution in [0.3, 0.4) is 0 Å². The minimum absolute atomic E-state index is 0.0833. The van der Waals surface area contributed by atoms with E-state index in [1.807, 2.05) is 11.8 Å². The van der Waals surface area contributed by atoms with E-state index < -0.39 is 5.54 Å². The largest absolute Gasteiger partial charge is 0.313 e. The summed E-state index contributed by atoms with van der Waals surface area (Å²) in [6.07, 6.45) is 1.72. The molecule has 1 N–H and O–H groups in total. The lowest BCUT2D eigenvalue weighted by molar-refractivity contribution is 0.0470. The van der Waals surface area contributed by atoms with Gasteiger partial charge in [0, 0.05) is 38.4 Å². The number of Topliss-reactive ketones (excluding diaryl/α,β-unsaturated/α-hetero) is 2. The number of rotatable bonds is 5. The fourth-order valence-corrected chi connectivity index (χ4v) is 3.71. The summed E-state index contributed by atoms with van der Waals surface area (Å²) in [5.74, 6) is -0.682. The maximum Gasteiger partial charge on any atom is 0.205 e. The Morgan fingerprint density at radius 1 is 1.35 bits per heavy atom. The van der Waals surface area contributed by atoms with Crippen LogP contribution in [0.15, 0.2) is 34.9 Å². The van der Waals surface area contributed by atoms with Gasteiger partial charge in [-0.25, -0.2) is 4.39 Å². The second-order valence-electron chi connectivity index (χ2n) is 6.63. The van der Waals surface area contributed by atoms with Crippen molar-refractivity contribution in [2.24, 2.45) is 7.05 Å². The molecular formula is C18H20BrFN4O2. The molecule has 3 rings (SSSR count). The van der Waals surface area contributed by atoms with Gasteiger partial charge in [-0.1, -0.05) is 0 Å². The van der Waals surface area contributed by atoms with Gasteiger partial charge in [0.2, 0.25) is 5.78 Å². The van der Waals surface area contributed by atoms with Crippen LogP contribution < -0.4 is 5.32 Å². The van der Waals surface area contributed by atoms with Gasteiger partial charge in [-0.15, -0.1) is 0 Å². The summed E-state index contributed by atoms with van der Waals surface area (Å²) in [5, 5.41) is 7.48. The van der Waals surface area contributed by atoms with E-state index in [1.54, 1.807) is 17.9 Å². The van der Waals surface area contributed by atoms with E-state index in [0.717, 1.165) is 0 Å². The number of hydrogen-bond acceptors (Lipinski definition) is 5. The Kier molecular flexibility index (Phi) is 5.36. The van der Waals surface area contributed by atoms with Gasteiger partial charge in [-0.05, 0) is 47.1 Å². The number of benzene rings is 1. The van der Waals surface area contributed by atoms with Gasteiger partial charge in [0.15, 0.2) is 5.78 Å². The molecule has 0 bridgehead atoms. The van der Waals surface area contributed by atoms with Crippen LogP contribution in [-0.4, -0.2) is 58.0 Å². The highest BCUT2D eigenvalue weighted by Gasteiger charge is 2.44. The van der Waals surface area contributed by atoms with Crippen molar-refractivity contribution in [3.05, 3.63) is 52.0 Å². The van der Waals surface area contributed by atoms with E-state index in [9.17, 15) is 14.0 Å². The summed E-state index contributed by atoms with van der Waals surface area (Å²) in [5.41, 5.74) is -0.123. The Labute approximate surface area is 159 Å². The second kappa shape index (κ2) is 7.38. The lowest BCUT2D eigenvalue weighted by atomic mass is 9.89. The summed E-state index contributed by atoms with van der Waals surface area (Å²) < 4.78 is 15.3. The molecule has 1 fully saturated rings. The first-order valence-corrected chi connectivity index (χ1v) is 9.09. The molecule has 1 unspecified atom stereocenters. The normalized spacial score (nSPS) is 20.9. The molecule has 1 aromatic carbocycles. The molecule has 2 aromatic rings. The van der Waals surface area contributed by atoms with Gasteiger partial charge >= 0.3 is 0 Å². The minimum Gasteiger partial charge on any atom is -0.313 e. The SMILES string of the molecule is Cn1cc(Br)c(C(=O)C2(C)CNCCN2CC(=O)c2ccc(F)cc2)n1. The summed E-state index contributed by atoms with van der Waals surface area (Å²) in [6, 6.07) is 5.46. The highest BCUT2D eigenvalue weighted by Crippen LogP contribution is 2.26. The Morgan fingerprint density at radius 2 is 2.04 bits per heavy atom. The Hall–Kier alpha value is -1.90. The zero-order valence-corrected chi connectivity index (χ0v) is 16.2. The summed E-state index contributed by atoms with van der Waals surface area (Å²) in [7, 11) is 1.75. The van der Waals surface area contributed by atoms with Crippen molar-refractivity contribution >= 4 is 27.5 Å². The third kappa shape index (κ3) is 3.62. The number of carbonyl (C=O) groups excluding carboxylic acids is 2. The van der Waals surface area contributed by atoms with E-state index in [1.165, 1.54) is 24.3 Å². The van der Waals surface area contributed by atoms with Gasteiger partial charge in [0.1, 0.15) is 11.5 Å². The molecule has 0 amide bonds. The summed E-state index contributed by atoms with van der Waals surface area (Å²) >= 11 is 3.38. The number of nitrogens with zero attached hydrogens (tertiary/aromatic N) is 3. The maximum absolute atomic E-state index is 13.2. The van der Waals surface area contributed by atoms with Gasteiger partial charge in [-0.2, -0.15) is 5.10 Å². The molecule has 0 saturated carbocycles. The van der Waals surface area contributed by atoms with Crippen molar-refractivity contribution in [1.82, 2.24) is 20.0 Å². The van der Waals surface area contributed by atoms with E-state index >= 15 is 0 Å². The Balaban J connectivity index is 1.84. The van der Waals surface area contributed by atoms with Gasteiger partial charge in [0.05, 0.1) is 16.6 Å². The molecule has 1 atom stereocenters. The molecule has 0 aliphatic carbocycles. The number of ketones is 2. The predicted molar refractivity (Wildman–Crippen MR) is 98.8 cm³/mol. The van der Waals surface area contributed by atoms with Crippen molar-refractivity contribution < 1.29 is 14.0 Å². The molecular weight excluding hydrogens is 403 g/mol. The number of aromatic nitrogens is 2. The van der Waals surface area contributed by atoms with E-state index in [4.69, 9.17) is 0 Å². The molecule has 0 spiro atoms. The number of hydrogen-bond donors (Lipinski definition) is 1. The number of carbonyl (C=O) groups is 2. The molecule has 1 aliphatic rings. The molecule has 2 heterocycles.